The Morgan fingerprint density at radius 3 is 2.53 bits per heavy atom. The minimum atomic E-state index is -0.333. The summed E-state index contributed by atoms with van der Waals surface area (Å²) < 4.78 is 5.08. The molecule has 1 aliphatic rings. The van der Waals surface area contributed by atoms with Crippen LogP contribution in [0.25, 0.3) is 0 Å². The van der Waals surface area contributed by atoms with E-state index in [9.17, 15) is 9.59 Å². The van der Waals surface area contributed by atoms with Gasteiger partial charge in [0.15, 0.2) is 0 Å². The van der Waals surface area contributed by atoms with Gasteiger partial charge in [0.1, 0.15) is 0 Å². The molecule has 164 valence electrons. The number of methoxy groups -OCH3 is 1. The largest absolute Gasteiger partial charge is 0.481 e. The Morgan fingerprint density at radius 1 is 1.12 bits per heavy atom. The van der Waals surface area contributed by atoms with E-state index in [0.717, 1.165) is 16.9 Å². The van der Waals surface area contributed by atoms with Gasteiger partial charge in [-0.25, -0.2) is 4.98 Å². The third kappa shape index (κ3) is 4.18. The third-order valence-corrected chi connectivity index (χ3v) is 5.95. The Hall–Kier alpha value is -3.38. The molecule has 0 radical (unpaired) electrons. The molecule has 32 heavy (non-hydrogen) atoms. The lowest BCUT2D eigenvalue weighted by Gasteiger charge is -2.36. The molecule has 0 spiro atoms. The summed E-state index contributed by atoms with van der Waals surface area (Å²) in [5.74, 6) is -0.0166. The van der Waals surface area contributed by atoms with Crippen LogP contribution in [0.5, 0.6) is 5.88 Å². The predicted octanol–water partition coefficient (Wildman–Crippen LogP) is 4.93. The molecule has 2 amide bonds. The van der Waals surface area contributed by atoms with E-state index >= 15 is 0 Å². The van der Waals surface area contributed by atoms with Crippen LogP contribution < -0.4 is 14.5 Å². The standard InChI is InChI=1S/C25H24ClN3O3/c1-3-28(19-11-9-18(26)10-12-19)25(31)21-14-15-29(22-7-5-4-6-20(21)22)24(30)17-8-13-23(32-2)27-16-17/h4-13,16,21H,3,14-15H2,1-2H3/t21-/m0/s1. The lowest BCUT2D eigenvalue weighted by Crippen LogP contribution is -2.42. The minimum absolute atomic E-state index is 0.0143. The van der Waals surface area contributed by atoms with Gasteiger partial charge in [0.05, 0.1) is 18.6 Å². The molecule has 4 rings (SSSR count). The van der Waals surface area contributed by atoms with Crippen molar-refractivity contribution in [1.82, 2.24) is 4.98 Å². The van der Waals surface area contributed by atoms with Gasteiger partial charge >= 0.3 is 0 Å². The monoisotopic (exact) mass is 449 g/mol. The number of pyridine rings is 1. The molecule has 0 saturated heterocycles. The topological polar surface area (TPSA) is 62.7 Å². The number of nitrogens with zero attached hydrogens (tertiary/aromatic N) is 3. The van der Waals surface area contributed by atoms with Crippen molar-refractivity contribution in [2.45, 2.75) is 19.3 Å². The number of carbonyl (C=O) groups excluding carboxylic acids is 2. The quantitative estimate of drug-likeness (QED) is 0.554. The van der Waals surface area contributed by atoms with Crippen LogP contribution in [0, 0.1) is 0 Å². The summed E-state index contributed by atoms with van der Waals surface area (Å²) in [6.07, 6.45) is 2.05. The number of halogens is 1. The number of hydrogen-bond donors (Lipinski definition) is 0. The number of amides is 2. The molecule has 0 N–H and O–H groups in total. The minimum Gasteiger partial charge on any atom is -0.481 e. The highest BCUT2D eigenvalue weighted by Gasteiger charge is 2.35. The van der Waals surface area contributed by atoms with E-state index in [2.05, 4.69) is 4.98 Å². The maximum absolute atomic E-state index is 13.6. The third-order valence-electron chi connectivity index (χ3n) is 5.70. The van der Waals surface area contributed by atoms with Gasteiger partial charge in [-0.05, 0) is 55.3 Å². The molecule has 1 atom stereocenters. The second kappa shape index (κ2) is 9.40. The van der Waals surface area contributed by atoms with Crippen molar-refractivity contribution in [2.75, 3.05) is 30.0 Å². The maximum Gasteiger partial charge on any atom is 0.259 e. The fourth-order valence-corrected chi connectivity index (χ4v) is 4.21. The number of carbonyl (C=O) groups is 2. The molecule has 0 bridgehead atoms. The van der Waals surface area contributed by atoms with Crippen LogP contribution in [0.4, 0.5) is 11.4 Å². The van der Waals surface area contributed by atoms with Crippen LogP contribution >= 0.6 is 11.6 Å². The zero-order valence-corrected chi connectivity index (χ0v) is 18.7. The predicted molar refractivity (Wildman–Crippen MR) is 126 cm³/mol. The van der Waals surface area contributed by atoms with E-state index in [4.69, 9.17) is 16.3 Å². The Morgan fingerprint density at radius 2 is 1.88 bits per heavy atom. The molecule has 2 heterocycles. The van der Waals surface area contributed by atoms with Crippen molar-refractivity contribution in [3.8, 4) is 5.88 Å². The van der Waals surface area contributed by atoms with Gasteiger partial charge in [0.2, 0.25) is 11.8 Å². The fraction of sp³-hybridized carbons (Fsp3) is 0.240. The van der Waals surface area contributed by atoms with E-state index in [1.54, 1.807) is 34.1 Å². The van der Waals surface area contributed by atoms with Gasteiger partial charge in [-0.2, -0.15) is 0 Å². The zero-order chi connectivity index (χ0) is 22.7. The van der Waals surface area contributed by atoms with Crippen LogP contribution in [0.2, 0.25) is 5.02 Å². The second-order valence-corrected chi connectivity index (χ2v) is 7.94. The highest BCUT2D eigenvalue weighted by atomic mass is 35.5. The summed E-state index contributed by atoms with van der Waals surface area (Å²) >= 11 is 6.02. The molecule has 0 aliphatic carbocycles. The van der Waals surface area contributed by atoms with Crippen molar-refractivity contribution in [2.24, 2.45) is 0 Å². The zero-order valence-electron chi connectivity index (χ0n) is 18.0. The van der Waals surface area contributed by atoms with E-state index in [1.165, 1.54) is 13.3 Å². The average molecular weight is 450 g/mol. The van der Waals surface area contributed by atoms with Gasteiger partial charge in [0.25, 0.3) is 5.91 Å². The summed E-state index contributed by atoms with van der Waals surface area (Å²) in [6, 6.07) is 18.2. The first kappa shape index (κ1) is 21.8. The first-order valence-electron chi connectivity index (χ1n) is 10.5. The number of fused-ring (bicyclic) bond motifs is 1. The van der Waals surface area contributed by atoms with E-state index < -0.39 is 0 Å². The van der Waals surface area contributed by atoms with E-state index in [0.29, 0.717) is 36.0 Å². The van der Waals surface area contributed by atoms with E-state index in [-0.39, 0.29) is 17.7 Å². The highest BCUT2D eigenvalue weighted by molar-refractivity contribution is 6.30. The molecule has 0 fully saturated rings. The number of hydrogen-bond acceptors (Lipinski definition) is 4. The number of rotatable bonds is 5. The van der Waals surface area contributed by atoms with Crippen LogP contribution in [0.1, 0.15) is 35.2 Å². The summed E-state index contributed by atoms with van der Waals surface area (Å²) in [4.78, 5) is 34.4. The summed E-state index contributed by atoms with van der Waals surface area (Å²) in [5, 5.41) is 0.627. The molecule has 3 aromatic rings. The molecule has 2 aromatic carbocycles. The molecule has 7 heteroatoms. The number of aromatic nitrogens is 1. The number of likely N-dealkylation sites (N-methyl/N-ethyl adjacent to an activating group) is 1. The summed E-state index contributed by atoms with van der Waals surface area (Å²) in [7, 11) is 1.53. The highest BCUT2D eigenvalue weighted by Crippen LogP contribution is 2.38. The van der Waals surface area contributed by atoms with Gasteiger partial charge in [-0.3, -0.25) is 9.59 Å². The number of benzene rings is 2. The number of ether oxygens (including phenoxy) is 1. The normalized spacial score (nSPS) is 15.1. The summed E-state index contributed by atoms with van der Waals surface area (Å²) in [5.41, 5.74) is 2.89. The van der Waals surface area contributed by atoms with Crippen LogP contribution in [-0.2, 0) is 4.79 Å². The lowest BCUT2D eigenvalue weighted by molar-refractivity contribution is -0.120. The van der Waals surface area contributed by atoms with Gasteiger partial charge in [-0.1, -0.05) is 29.8 Å². The van der Waals surface area contributed by atoms with Crippen LogP contribution in [0.3, 0.4) is 0 Å². The molecule has 1 aliphatic heterocycles. The molecule has 0 unspecified atom stereocenters. The first-order valence-corrected chi connectivity index (χ1v) is 10.9. The average Bonchev–Trinajstić information content (AvgIpc) is 2.84. The van der Waals surface area contributed by atoms with Crippen molar-refractivity contribution in [3.63, 3.8) is 0 Å². The SMILES string of the molecule is CCN(C(=O)[C@H]1CCN(C(=O)c2ccc(OC)nc2)c2ccccc21)c1ccc(Cl)cc1. The molecular formula is C25H24ClN3O3. The molecule has 6 nitrogen and oxygen atoms in total. The van der Waals surface area contributed by atoms with E-state index in [1.807, 2.05) is 43.3 Å². The first-order chi connectivity index (χ1) is 15.5. The van der Waals surface area contributed by atoms with Crippen molar-refractivity contribution >= 4 is 34.8 Å². The smallest absolute Gasteiger partial charge is 0.259 e. The van der Waals surface area contributed by atoms with Gasteiger partial charge in [0, 0.05) is 41.8 Å². The van der Waals surface area contributed by atoms with Gasteiger partial charge in [-0.15, -0.1) is 0 Å². The Kier molecular flexibility index (Phi) is 6.42. The maximum atomic E-state index is 13.6. The van der Waals surface area contributed by atoms with Crippen molar-refractivity contribution in [1.29, 1.82) is 0 Å². The Labute approximate surface area is 192 Å². The second-order valence-electron chi connectivity index (χ2n) is 7.51. The van der Waals surface area contributed by atoms with Crippen LogP contribution in [-0.4, -0.2) is 37.0 Å². The molecule has 1 aromatic heterocycles. The van der Waals surface area contributed by atoms with Crippen molar-refractivity contribution < 1.29 is 14.3 Å². The Balaban J connectivity index is 1.63. The lowest BCUT2D eigenvalue weighted by atomic mass is 9.88. The number of para-hydroxylation sites is 1. The summed E-state index contributed by atoms with van der Waals surface area (Å²) in [6.45, 7) is 2.93. The van der Waals surface area contributed by atoms with Crippen molar-refractivity contribution in [3.05, 3.63) is 83.0 Å². The molecular weight excluding hydrogens is 426 g/mol. The number of anilines is 2. The Bertz CT molecular complexity index is 1120. The fourth-order valence-electron chi connectivity index (χ4n) is 4.09. The van der Waals surface area contributed by atoms with Crippen LogP contribution in [0.15, 0.2) is 66.9 Å². The molecule has 0 saturated carbocycles. The van der Waals surface area contributed by atoms with Gasteiger partial charge < -0.3 is 14.5 Å².